The third-order valence-electron chi connectivity index (χ3n) is 2.22. The molecule has 3 heteroatoms. The van der Waals surface area contributed by atoms with Crippen LogP contribution in [0.2, 0.25) is 0 Å². The molecule has 1 aromatic rings. The Morgan fingerprint density at radius 2 is 2.13 bits per heavy atom. The van der Waals surface area contributed by atoms with Gasteiger partial charge in [-0.3, -0.25) is 9.79 Å². The summed E-state index contributed by atoms with van der Waals surface area (Å²) in [5, 5.41) is 10.6. The first-order chi connectivity index (χ1) is 7.25. The van der Waals surface area contributed by atoms with Crippen LogP contribution >= 0.6 is 0 Å². The molecule has 1 heterocycles. The first-order valence-electron chi connectivity index (χ1n) is 4.80. The fourth-order valence-corrected chi connectivity index (χ4v) is 1.55. The second-order valence-corrected chi connectivity index (χ2v) is 3.38. The molecule has 2 rings (SSSR count). The number of aliphatic carboxylic acids is 1. The third-order valence-corrected chi connectivity index (χ3v) is 2.22. The van der Waals surface area contributed by atoms with Crippen molar-refractivity contribution < 1.29 is 9.90 Å². The summed E-state index contributed by atoms with van der Waals surface area (Å²) in [6.45, 7) is 0. The van der Waals surface area contributed by atoms with Crippen molar-refractivity contribution in [2.45, 2.75) is 12.8 Å². The van der Waals surface area contributed by atoms with Crippen molar-refractivity contribution in [1.82, 2.24) is 0 Å². The van der Waals surface area contributed by atoms with E-state index in [4.69, 9.17) is 5.11 Å². The molecule has 1 N–H and O–H groups in total. The highest BCUT2D eigenvalue weighted by Gasteiger charge is 2.03. The lowest BCUT2D eigenvalue weighted by atomic mass is 10.2. The Morgan fingerprint density at radius 3 is 2.93 bits per heavy atom. The van der Waals surface area contributed by atoms with Crippen LogP contribution in [-0.2, 0) is 4.79 Å². The van der Waals surface area contributed by atoms with E-state index in [-0.39, 0.29) is 6.42 Å². The minimum atomic E-state index is -0.843. The van der Waals surface area contributed by atoms with Gasteiger partial charge < -0.3 is 5.11 Å². The smallest absolute Gasteiger partial charge is 0.309 e. The number of nitrogens with zero attached hydrogens (tertiary/aromatic N) is 1. The number of allylic oxidation sites excluding steroid dienone is 1. The van der Waals surface area contributed by atoms with E-state index >= 15 is 0 Å². The average Bonchev–Trinajstić information content (AvgIpc) is 2.38. The molecule has 0 atom stereocenters. The van der Waals surface area contributed by atoms with E-state index in [0.717, 1.165) is 17.0 Å². The summed E-state index contributed by atoms with van der Waals surface area (Å²) in [6, 6.07) is 7.73. The zero-order chi connectivity index (χ0) is 10.7. The van der Waals surface area contributed by atoms with E-state index in [1.165, 1.54) is 0 Å². The van der Waals surface area contributed by atoms with Gasteiger partial charge in [0.1, 0.15) is 0 Å². The molecule has 76 valence electrons. The van der Waals surface area contributed by atoms with Crippen LogP contribution in [0.5, 0.6) is 0 Å². The summed E-state index contributed by atoms with van der Waals surface area (Å²) in [7, 11) is 0. The van der Waals surface area contributed by atoms with Gasteiger partial charge >= 0.3 is 5.97 Å². The van der Waals surface area contributed by atoms with Crippen molar-refractivity contribution in [3.63, 3.8) is 0 Å². The molecular formula is C12H11NO2. The van der Waals surface area contributed by atoms with Gasteiger partial charge in [-0.05, 0) is 17.7 Å². The van der Waals surface area contributed by atoms with Crippen LogP contribution < -0.4 is 10.6 Å². The summed E-state index contributed by atoms with van der Waals surface area (Å²) >= 11 is 0. The highest BCUT2D eigenvalue weighted by molar-refractivity contribution is 5.70. The average molecular weight is 201 g/mol. The number of carboxylic acid groups (broad SMARTS) is 1. The van der Waals surface area contributed by atoms with E-state index in [1.807, 2.05) is 36.4 Å². The van der Waals surface area contributed by atoms with Gasteiger partial charge in [0.25, 0.3) is 0 Å². The maximum absolute atomic E-state index is 10.6. The van der Waals surface area contributed by atoms with E-state index in [9.17, 15) is 4.79 Å². The molecule has 0 saturated carbocycles. The molecule has 1 aliphatic rings. The molecule has 0 aromatic heterocycles. The number of carbonyl (C=O) groups is 1. The minimum absolute atomic E-state index is 0.0117. The molecule has 0 radical (unpaired) electrons. The monoisotopic (exact) mass is 201 g/mol. The highest BCUT2D eigenvalue weighted by atomic mass is 16.4. The number of carboxylic acids is 1. The van der Waals surface area contributed by atoms with Gasteiger partial charge in [-0.25, -0.2) is 0 Å². The van der Waals surface area contributed by atoms with Crippen LogP contribution in [0, 0.1) is 0 Å². The van der Waals surface area contributed by atoms with Crippen molar-refractivity contribution in [3.05, 3.63) is 46.6 Å². The van der Waals surface area contributed by atoms with Crippen molar-refractivity contribution >= 4 is 12.0 Å². The zero-order valence-electron chi connectivity index (χ0n) is 8.18. The Bertz CT molecular complexity index is 529. The quantitative estimate of drug-likeness (QED) is 0.771. The number of para-hydroxylation sites is 1. The van der Waals surface area contributed by atoms with Gasteiger partial charge in [0.05, 0.1) is 11.8 Å². The fourth-order valence-electron chi connectivity index (χ4n) is 1.55. The lowest BCUT2D eigenvalue weighted by Gasteiger charge is -1.94. The normalized spacial score (nSPS) is 14.0. The van der Waals surface area contributed by atoms with Crippen LogP contribution in [0.15, 0.2) is 41.0 Å². The summed E-state index contributed by atoms with van der Waals surface area (Å²) in [5.74, 6) is -0.843. The molecule has 0 saturated heterocycles. The molecule has 0 fully saturated rings. The second-order valence-electron chi connectivity index (χ2n) is 3.38. The first-order valence-corrected chi connectivity index (χ1v) is 4.80. The summed E-state index contributed by atoms with van der Waals surface area (Å²) < 4.78 is 0. The molecule has 0 unspecified atom stereocenters. The fraction of sp³-hybridized carbons (Fsp3) is 0.167. The second kappa shape index (κ2) is 4.09. The number of hydrogen-bond acceptors (Lipinski definition) is 2. The lowest BCUT2D eigenvalue weighted by molar-refractivity contribution is -0.136. The Morgan fingerprint density at radius 1 is 1.33 bits per heavy atom. The Kier molecular flexibility index (Phi) is 2.63. The van der Waals surface area contributed by atoms with Crippen molar-refractivity contribution in [3.8, 4) is 0 Å². The summed E-state index contributed by atoms with van der Waals surface area (Å²) in [5.41, 5.74) is 0.628. The maximum atomic E-state index is 10.6. The van der Waals surface area contributed by atoms with Crippen LogP contribution in [0.25, 0.3) is 6.08 Å². The summed E-state index contributed by atoms with van der Waals surface area (Å²) in [6.07, 6.45) is 4.63. The van der Waals surface area contributed by atoms with Crippen LogP contribution in [0.3, 0.4) is 0 Å². The molecule has 0 aliphatic carbocycles. The largest absolute Gasteiger partial charge is 0.481 e. The van der Waals surface area contributed by atoms with Crippen molar-refractivity contribution in [1.29, 1.82) is 0 Å². The van der Waals surface area contributed by atoms with Crippen molar-refractivity contribution in [2.75, 3.05) is 0 Å². The SMILES string of the molecule is O=C(O)CC1=CCC=c2ccccc2=N1. The Labute approximate surface area is 87.1 Å². The van der Waals surface area contributed by atoms with Gasteiger partial charge in [-0.15, -0.1) is 0 Å². The van der Waals surface area contributed by atoms with Crippen LogP contribution in [-0.4, -0.2) is 11.1 Å². The number of rotatable bonds is 2. The zero-order valence-corrected chi connectivity index (χ0v) is 8.18. The number of hydrogen-bond donors (Lipinski definition) is 1. The molecule has 15 heavy (non-hydrogen) atoms. The van der Waals surface area contributed by atoms with Gasteiger partial charge in [0.2, 0.25) is 0 Å². The van der Waals surface area contributed by atoms with E-state index in [0.29, 0.717) is 5.70 Å². The molecule has 3 nitrogen and oxygen atoms in total. The van der Waals surface area contributed by atoms with Gasteiger partial charge in [0.15, 0.2) is 0 Å². The standard InChI is InChI=1S/C12H11NO2/c14-12(15)8-10-6-3-5-9-4-1-2-7-11(9)13-10/h1-2,4-7H,3,8H2,(H,14,15). The number of fused-ring (bicyclic) bond motifs is 1. The van der Waals surface area contributed by atoms with E-state index in [2.05, 4.69) is 4.99 Å². The molecular weight excluding hydrogens is 190 g/mol. The molecule has 0 spiro atoms. The van der Waals surface area contributed by atoms with Crippen LogP contribution in [0.1, 0.15) is 12.8 Å². The van der Waals surface area contributed by atoms with Gasteiger partial charge in [-0.2, -0.15) is 0 Å². The van der Waals surface area contributed by atoms with Gasteiger partial charge in [0, 0.05) is 5.70 Å². The molecule has 0 amide bonds. The first kappa shape index (κ1) is 9.65. The van der Waals surface area contributed by atoms with Crippen LogP contribution in [0.4, 0.5) is 0 Å². The third kappa shape index (κ3) is 2.31. The maximum Gasteiger partial charge on any atom is 0.309 e. The van der Waals surface area contributed by atoms with E-state index < -0.39 is 5.97 Å². The Balaban J connectivity index is 2.45. The predicted octanol–water partition coefficient (Wildman–Crippen LogP) is 0.849. The lowest BCUT2D eigenvalue weighted by Crippen LogP contribution is -2.23. The van der Waals surface area contributed by atoms with E-state index in [1.54, 1.807) is 0 Å². The predicted molar refractivity (Wildman–Crippen MR) is 56.6 cm³/mol. The topological polar surface area (TPSA) is 49.7 Å². The molecule has 0 bridgehead atoms. The minimum Gasteiger partial charge on any atom is -0.481 e. The number of benzene rings is 1. The Hall–Kier alpha value is -1.90. The van der Waals surface area contributed by atoms with Crippen molar-refractivity contribution in [2.24, 2.45) is 4.99 Å². The molecule has 1 aromatic carbocycles. The summed E-state index contributed by atoms with van der Waals surface area (Å²) in [4.78, 5) is 14.9. The highest BCUT2D eigenvalue weighted by Crippen LogP contribution is 2.05. The molecule has 1 aliphatic heterocycles. The van der Waals surface area contributed by atoms with Gasteiger partial charge in [-0.1, -0.05) is 30.4 Å².